The Hall–Kier alpha value is -7.69. The van der Waals surface area contributed by atoms with E-state index in [2.05, 4.69) is 174 Å². The highest BCUT2D eigenvalue weighted by Crippen LogP contribution is 2.42. The summed E-state index contributed by atoms with van der Waals surface area (Å²) < 4.78 is 2.44. The van der Waals surface area contributed by atoms with Gasteiger partial charge in [-0.05, 0) is 68.6 Å². The van der Waals surface area contributed by atoms with Crippen LogP contribution < -0.4 is 0 Å². The zero-order valence-corrected chi connectivity index (χ0v) is 30.9. The number of hydrogen-bond acceptors (Lipinski definition) is 3. The molecule has 266 valence electrons. The van der Waals surface area contributed by atoms with Crippen LogP contribution in [0.2, 0.25) is 0 Å². The predicted octanol–water partition coefficient (Wildman–Crippen LogP) is 13.6. The van der Waals surface area contributed by atoms with Crippen LogP contribution in [-0.4, -0.2) is 19.5 Å². The van der Waals surface area contributed by atoms with Gasteiger partial charge in [-0.1, -0.05) is 176 Å². The van der Waals surface area contributed by atoms with Crippen LogP contribution in [-0.2, 0) is 0 Å². The molecule has 11 aromatic rings. The highest BCUT2D eigenvalue weighted by Gasteiger charge is 2.20. The van der Waals surface area contributed by atoms with E-state index in [9.17, 15) is 0 Å². The van der Waals surface area contributed by atoms with Gasteiger partial charge in [0.2, 0.25) is 0 Å². The molecule has 0 unspecified atom stereocenters. The largest absolute Gasteiger partial charge is 0.309 e. The van der Waals surface area contributed by atoms with Crippen LogP contribution in [0.1, 0.15) is 0 Å². The lowest BCUT2D eigenvalue weighted by Crippen LogP contribution is -2.01. The SMILES string of the molecule is c1ccc(-c2cccc(-c3nc(-c4ccccc4)nc(-c4cccc(-c5ccccc5-n5c6ccc7ccccc7c6c6c7ccccc7ccc65)c4)n3)c2)cc1. The summed E-state index contributed by atoms with van der Waals surface area (Å²) in [6.07, 6.45) is 0. The van der Waals surface area contributed by atoms with Gasteiger partial charge in [-0.25, -0.2) is 15.0 Å². The number of aromatic nitrogens is 4. The fourth-order valence-corrected chi connectivity index (χ4v) is 8.37. The second-order valence-electron chi connectivity index (χ2n) is 14.4. The molecule has 0 N–H and O–H groups in total. The Morgan fingerprint density at radius 3 is 1.35 bits per heavy atom. The molecule has 9 aromatic carbocycles. The van der Waals surface area contributed by atoms with Crippen LogP contribution in [0, 0.1) is 0 Å². The summed E-state index contributed by atoms with van der Waals surface area (Å²) in [6, 6.07) is 72.8. The van der Waals surface area contributed by atoms with Crippen LogP contribution in [0.15, 0.2) is 206 Å². The molecule has 57 heavy (non-hydrogen) atoms. The second kappa shape index (κ2) is 13.6. The fraction of sp³-hybridized carbons (Fsp3) is 0. The minimum absolute atomic E-state index is 0.623. The Morgan fingerprint density at radius 2 is 0.737 bits per heavy atom. The first-order valence-corrected chi connectivity index (χ1v) is 19.3. The number of hydrogen-bond donors (Lipinski definition) is 0. The van der Waals surface area contributed by atoms with Gasteiger partial charge in [0, 0.05) is 33.0 Å². The molecule has 2 aromatic heterocycles. The first-order valence-electron chi connectivity index (χ1n) is 19.3. The van der Waals surface area contributed by atoms with E-state index in [0.717, 1.165) is 44.6 Å². The van der Waals surface area contributed by atoms with E-state index in [1.165, 1.54) is 43.4 Å². The van der Waals surface area contributed by atoms with Gasteiger partial charge in [0.1, 0.15) is 0 Å². The summed E-state index contributed by atoms with van der Waals surface area (Å²) in [6.45, 7) is 0. The maximum Gasteiger partial charge on any atom is 0.164 e. The maximum atomic E-state index is 5.15. The van der Waals surface area contributed by atoms with Gasteiger partial charge < -0.3 is 4.57 Å². The van der Waals surface area contributed by atoms with Crippen molar-refractivity contribution in [1.82, 2.24) is 19.5 Å². The average molecular weight is 727 g/mol. The molecule has 0 fully saturated rings. The molecule has 0 bridgehead atoms. The number of benzene rings is 9. The van der Waals surface area contributed by atoms with Crippen molar-refractivity contribution in [3.05, 3.63) is 206 Å². The van der Waals surface area contributed by atoms with Crippen molar-refractivity contribution in [2.24, 2.45) is 0 Å². The van der Waals surface area contributed by atoms with Crippen molar-refractivity contribution >= 4 is 43.4 Å². The molecule has 4 heteroatoms. The van der Waals surface area contributed by atoms with E-state index in [1.807, 2.05) is 36.4 Å². The molecule has 0 aliphatic carbocycles. The third-order valence-corrected chi connectivity index (χ3v) is 11.0. The van der Waals surface area contributed by atoms with Crippen molar-refractivity contribution in [3.63, 3.8) is 0 Å². The summed E-state index contributed by atoms with van der Waals surface area (Å²) in [7, 11) is 0. The number of fused-ring (bicyclic) bond motifs is 7. The van der Waals surface area contributed by atoms with E-state index >= 15 is 0 Å². The Balaban J connectivity index is 1.10. The van der Waals surface area contributed by atoms with Crippen LogP contribution in [0.25, 0.3) is 105 Å². The highest BCUT2D eigenvalue weighted by molar-refractivity contribution is 6.28. The summed E-state index contributed by atoms with van der Waals surface area (Å²) in [5, 5.41) is 7.51. The fourth-order valence-electron chi connectivity index (χ4n) is 8.37. The van der Waals surface area contributed by atoms with E-state index in [4.69, 9.17) is 15.0 Å². The zero-order valence-electron chi connectivity index (χ0n) is 30.9. The Bertz CT molecular complexity index is 3200. The molecule has 0 amide bonds. The van der Waals surface area contributed by atoms with Crippen LogP contribution in [0.4, 0.5) is 0 Å². The van der Waals surface area contributed by atoms with Gasteiger partial charge in [-0.2, -0.15) is 0 Å². The smallest absolute Gasteiger partial charge is 0.164 e. The van der Waals surface area contributed by atoms with Crippen LogP contribution in [0.3, 0.4) is 0 Å². The number of nitrogens with zero attached hydrogens (tertiary/aromatic N) is 4. The first kappa shape index (κ1) is 32.7. The maximum absolute atomic E-state index is 5.15. The topological polar surface area (TPSA) is 43.6 Å². The average Bonchev–Trinajstić information content (AvgIpc) is 3.65. The molecule has 0 spiro atoms. The minimum Gasteiger partial charge on any atom is -0.309 e. The van der Waals surface area contributed by atoms with Gasteiger partial charge in [0.25, 0.3) is 0 Å². The van der Waals surface area contributed by atoms with Crippen LogP contribution in [0.5, 0.6) is 0 Å². The normalized spacial score (nSPS) is 11.5. The first-order chi connectivity index (χ1) is 28.3. The molecular weight excluding hydrogens is 693 g/mol. The van der Waals surface area contributed by atoms with Crippen molar-refractivity contribution in [3.8, 4) is 62.1 Å². The molecule has 0 radical (unpaired) electrons. The lowest BCUT2D eigenvalue weighted by molar-refractivity contribution is 1.07. The van der Waals surface area contributed by atoms with Gasteiger partial charge in [-0.15, -0.1) is 0 Å². The molecular formula is C53H34N4. The van der Waals surface area contributed by atoms with Crippen LogP contribution >= 0.6 is 0 Å². The van der Waals surface area contributed by atoms with Crippen molar-refractivity contribution < 1.29 is 0 Å². The lowest BCUT2D eigenvalue weighted by atomic mass is 10.00. The molecule has 0 saturated heterocycles. The molecule has 0 saturated carbocycles. The van der Waals surface area contributed by atoms with Gasteiger partial charge in [0.15, 0.2) is 17.5 Å². The molecule has 11 rings (SSSR count). The Morgan fingerprint density at radius 1 is 0.298 bits per heavy atom. The van der Waals surface area contributed by atoms with Crippen molar-refractivity contribution in [2.45, 2.75) is 0 Å². The molecule has 0 aliphatic rings. The van der Waals surface area contributed by atoms with E-state index in [0.29, 0.717) is 17.5 Å². The monoisotopic (exact) mass is 726 g/mol. The predicted molar refractivity (Wildman–Crippen MR) is 236 cm³/mol. The summed E-state index contributed by atoms with van der Waals surface area (Å²) >= 11 is 0. The van der Waals surface area contributed by atoms with Crippen molar-refractivity contribution in [2.75, 3.05) is 0 Å². The molecule has 4 nitrogen and oxygen atoms in total. The van der Waals surface area contributed by atoms with Gasteiger partial charge in [0.05, 0.1) is 16.7 Å². The van der Waals surface area contributed by atoms with Crippen molar-refractivity contribution in [1.29, 1.82) is 0 Å². The highest BCUT2D eigenvalue weighted by atomic mass is 15.0. The summed E-state index contributed by atoms with van der Waals surface area (Å²) in [4.78, 5) is 15.3. The number of para-hydroxylation sites is 1. The standard InChI is InChI=1S/C53H34N4/c1-3-15-35(16-4-1)39-21-13-23-41(33-39)52-54-51(38-19-5-2-6-20-38)55-53(56-52)42-24-14-22-40(34-42)43-25-11-12-28-46(43)57-47-31-29-36-17-7-9-26-44(36)49(47)50-45-27-10-8-18-37(45)30-32-48(50)57/h1-34H. The van der Waals surface area contributed by atoms with E-state index < -0.39 is 0 Å². The minimum atomic E-state index is 0.623. The van der Waals surface area contributed by atoms with Gasteiger partial charge in [-0.3, -0.25) is 0 Å². The Kier molecular flexibility index (Phi) is 7.78. The van der Waals surface area contributed by atoms with E-state index in [-0.39, 0.29) is 0 Å². The Labute approximate surface area is 330 Å². The quantitative estimate of drug-likeness (QED) is 0.171. The van der Waals surface area contributed by atoms with E-state index in [1.54, 1.807) is 0 Å². The number of rotatable bonds is 6. The summed E-state index contributed by atoms with van der Waals surface area (Å²) in [5.74, 6) is 1.89. The molecule has 2 heterocycles. The van der Waals surface area contributed by atoms with Gasteiger partial charge >= 0.3 is 0 Å². The second-order valence-corrected chi connectivity index (χ2v) is 14.4. The lowest BCUT2D eigenvalue weighted by Gasteiger charge is -2.15. The zero-order chi connectivity index (χ0) is 37.7. The molecule has 0 aliphatic heterocycles. The third kappa shape index (κ3) is 5.66. The summed E-state index contributed by atoms with van der Waals surface area (Å²) in [5.41, 5.74) is 10.7. The molecule has 0 atom stereocenters. The third-order valence-electron chi connectivity index (χ3n) is 11.0.